The minimum absolute atomic E-state index is 0.391. The van der Waals surface area contributed by atoms with Crippen molar-refractivity contribution in [1.82, 2.24) is 9.21 Å². The van der Waals surface area contributed by atoms with Crippen LogP contribution in [-0.4, -0.2) is 43.8 Å². The van der Waals surface area contributed by atoms with E-state index in [1.54, 1.807) is 16.4 Å². The van der Waals surface area contributed by atoms with Gasteiger partial charge in [0.2, 0.25) is 10.0 Å². The lowest BCUT2D eigenvalue weighted by molar-refractivity contribution is 0.181. The summed E-state index contributed by atoms with van der Waals surface area (Å²) in [6.07, 6.45) is 3.26. The number of piperazine rings is 1. The maximum Gasteiger partial charge on any atom is 0.243 e. The number of halogens is 1. The zero-order valence-corrected chi connectivity index (χ0v) is 17.3. The van der Waals surface area contributed by atoms with Crippen molar-refractivity contribution in [3.05, 3.63) is 64.7 Å². The second-order valence-electron chi connectivity index (χ2n) is 7.02. The first-order chi connectivity index (χ1) is 13.0. The number of sulfonamides is 1. The van der Waals surface area contributed by atoms with Crippen LogP contribution in [0.25, 0.3) is 0 Å². The van der Waals surface area contributed by atoms with E-state index < -0.39 is 10.0 Å². The summed E-state index contributed by atoms with van der Waals surface area (Å²) in [6, 6.07) is 15.2. The maximum absolute atomic E-state index is 12.9. The lowest BCUT2D eigenvalue weighted by Crippen LogP contribution is -2.48. The second-order valence-corrected chi connectivity index (χ2v) is 9.36. The molecule has 1 heterocycles. The molecule has 0 atom stereocenters. The molecule has 146 valence electrons. The summed E-state index contributed by atoms with van der Waals surface area (Å²) in [4.78, 5) is 2.64. The van der Waals surface area contributed by atoms with E-state index in [1.807, 2.05) is 36.4 Å². The largest absolute Gasteiger partial charge is 0.296 e. The monoisotopic (exact) mass is 406 g/mol. The van der Waals surface area contributed by atoms with Crippen LogP contribution in [-0.2, 0) is 23.0 Å². The topological polar surface area (TPSA) is 40.6 Å². The molecule has 0 N–H and O–H groups in total. The highest BCUT2D eigenvalue weighted by molar-refractivity contribution is 7.89. The quantitative estimate of drug-likeness (QED) is 0.692. The molecule has 0 radical (unpaired) electrons. The van der Waals surface area contributed by atoms with Crippen LogP contribution in [0.15, 0.2) is 53.4 Å². The van der Waals surface area contributed by atoms with Gasteiger partial charge >= 0.3 is 0 Å². The van der Waals surface area contributed by atoms with Crippen LogP contribution in [0.4, 0.5) is 0 Å². The van der Waals surface area contributed by atoms with Gasteiger partial charge in [0, 0.05) is 37.7 Å². The van der Waals surface area contributed by atoms with Crippen LogP contribution < -0.4 is 0 Å². The fraction of sp³-hybridized carbons (Fsp3) is 0.429. The molecule has 0 unspecified atom stereocenters. The van der Waals surface area contributed by atoms with Gasteiger partial charge in [-0.2, -0.15) is 4.31 Å². The van der Waals surface area contributed by atoms with E-state index in [-0.39, 0.29) is 0 Å². The summed E-state index contributed by atoms with van der Waals surface area (Å²) in [7, 11) is -3.42. The summed E-state index contributed by atoms with van der Waals surface area (Å²) in [6.45, 7) is 5.33. The Balaban J connectivity index is 1.60. The molecule has 2 aromatic rings. The van der Waals surface area contributed by atoms with Gasteiger partial charge in [-0.05, 0) is 42.2 Å². The smallest absolute Gasteiger partial charge is 0.243 e. The number of unbranched alkanes of at least 4 members (excludes halogenated alkanes) is 1. The van der Waals surface area contributed by atoms with Gasteiger partial charge in [-0.25, -0.2) is 8.42 Å². The van der Waals surface area contributed by atoms with Crippen molar-refractivity contribution in [2.24, 2.45) is 0 Å². The van der Waals surface area contributed by atoms with Crippen molar-refractivity contribution >= 4 is 21.6 Å². The molecular formula is C21H27ClN2O2S. The average molecular weight is 407 g/mol. The minimum atomic E-state index is -3.42. The first kappa shape index (κ1) is 20.3. The Labute approximate surface area is 167 Å². The highest BCUT2D eigenvalue weighted by Crippen LogP contribution is 2.21. The normalized spacial score (nSPS) is 16.5. The third-order valence-corrected chi connectivity index (χ3v) is 7.34. The van der Waals surface area contributed by atoms with Crippen molar-refractivity contribution in [1.29, 1.82) is 0 Å². The van der Waals surface area contributed by atoms with Gasteiger partial charge in [-0.15, -0.1) is 0 Å². The zero-order chi connectivity index (χ0) is 19.3. The Morgan fingerprint density at radius 2 is 1.63 bits per heavy atom. The first-order valence-corrected chi connectivity index (χ1v) is 11.4. The molecule has 0 amide bonds. The summed E-state index contributed by atoms with van der Waals surface area (Å²) >= 11 is 6.24. The molecule has 3 rings (SSSR count). The standard InChI is InChI=1S/C21H27ClN2O2S/c1-2-3-6-18-9-11-20(12-10-18)27(25,26)24-15-13-23(14-16-24)17-19-7-4-5-8-21(19)22/h4-5,7-12H,2-3,6,13-17H2,1H3. The van der Waals surface area contributed by atoms with Crippen LogP contribution in [0.5, 0.6) is 0 Å². The van der Waals surface area contributed by atoms with E-state index in [1.165, 1.54) is 5.56 Å². The molecule has 1 fully saturated rings. The third kappa shape index (κ3) is 5.11. The number of hydrogen-bond donors (Lipinski definition) is 0. The van der Waals surface area contributed by atoms with Crippen molar-refractivity contribution in [3.63, 3.8) is 0 Å². The number of nitrogens with zero attached hydrogens (tertiary/aromatic N) is 2. The molecule has 27 heavy (non-hydrogen) atoms. The van der Waals surface area contributed by atoms with Crippen LogP contribution >= 0.6 is 11.6 Å². The molecule has 1 saturated heterocycles. The summed E-state index contributed by atoms with van der Waals surface area (Å²) in [5, 5.41) is 0.760. The van der Waals surface area contributed by atoms with E-state index in [9.17, 15) is 8.42 Å². The molecule has 0 aromatic heterocycles. The number of benzene rings is 2. The number of aryl methyl sites for hydroxylation is 1. The highest BCUT2D eigenvalue weighted by Gasteiger charge is 2.28. The van der Waals surface area contributed by atoms with Crippen LogP contribution in [0.2, 0.25) is 5.02 Å². The molecule has 0 aliphatic carbocycles. The molecule has 6 heteroatoms. The van der Waals surface area contributed by atoms with Crippen LogP contribution in [0.3, 0.4) is 0 Å². The molecular weight excluding hydrogens is 380 g/mol. The summed E-state index contributed by atoms with van der Waals surface area (Å²) in [5.74, 6) is 0. The fourth-order valence-electron chi connectivity index (χ4n) is 3.35. The Morgan fingerprint density at radius 1 is 0.963 bits per heavy atom. The SMILES string of the molecule is CCCCc1ccc(S(=O)(=O)N2CCN(Cc3ccccc3Cl)CC2)cc1. The highest BCUT2D eigenvalue weighted by atomic mass is 35.5. The van der Waals surface area contributed by atoms with Gasteiger partial charge in [-0.3, -0.25) is 4.90 Å². The van der Waals surface area contributed by atoms with Crippen LogP contribution in [0, 0.1) is 0 Å². The zero-order valence-electron chi connectivity index (χ0n) is 15.8. The van der Waals surface area contributed by atoms with Crippen molar-refractivity contribution in [3.8, 4) is 0 Å². The van der Waals surface area contributed by atoms with Gasteiger partial charge in [-0.1, -0.05) is 55.3 Å². The van der Waals surface area contributed by atoms with Crippen molar-refractivity contribution in [2.45, 2.75) is 37.6 Å². The third-order valence-electron chi connectivity index (χ3n) is 5.06. The van der Waals surface area contributed by atoms with Gasteiger partial charge in [0.1, 0.15) is 0 Å². The Bertz CT molecular complexity index is 845. The summed E-state index contributed by atoms with van der Waals surface area (Å²) < 4.78 is 27.4. The Hall–Kier alpha value is -1.40. The molecule has 2 aromatic carbocycles. The lowest BCUT2D eigenvalue weighted by atomic mass is 10.1. The predicted molar refractivity (Wildman–Crippen MR) is 111 cm³/mol. The van der Waals surface area contributed by atoms with Crippen molar-refractivity contribution < 1.29 is 8.42 Å². The second kappa shape index (κ2) is 9.20. The Kier molecular flexibility index (Phi) is 6.93. The molecule has 4 nitrogen and oxygen atoms in total. The Morgan fingerprint density at radius 3 is 2.26 bits per heavy atom. The van der Waals surface area contributed by atoms with E-state index in [4.69, 9.17) is 11.6 Å². The summed E-state index contributed by atoms with van der Waals surface area (Å²) in [5.41, 5.74) is 2.28. The first-order valence-electron chi connectivity index (χ1n) is 9.55. The average Bonchev–Trinajstić information content (AvgIpc) is 2.69. The predicted octanol–water partition coefficient (Wildman–Crippen LogP) is 4.19. The van der Waals surface area contributed by atoms with E-state index >= 15 is 0 Å². The molecule has 1 aliphatic heterocycles. The van der Waals surface area contributed by atoms with Crippen molar-refractivity contribution in [2.75, 3.05) is 26.2 Å². The van der Waals surface area contributed by atoms with E-state index in [0.29, 0.717) is 31.1 Å². The van der Waals surface area contributed by atoms with Gasteiger partial charge in [0.15, 0.2) is 0 Å². The lowest BCUT2D eigenvalue weighted by Gasteiger charge is -2.34. The van der Waals surface area contributed by atoms with Gasteiger partial charge in [0.05, 0.1) is 4.90 Å². The molecule has 0 spiro atoms. The molecule has 0 bridgehead atoms. The number of hydrogen-bond acceptors (Lipinski definition) is 3. The number of rotatable bonds is 7. The van der Waals surface area contributed by atoms with E-state index in [2.05, 4.69) is 11.8 Å². The van der Waals surface area contributed by atoms with Gasteiger partial charge in [0.25, 0.3) is 0 Å². The maximum atomic E-state index is 12.9. The fourth-order valence-corrected chi connectivity index (χ4v) is 4.97. The van der Waals surface area contributed by atoms with E-state index in [0.717, 1.165) is 36.4 Å². The minimum Gasteiger partial charge on any atom is -0.296 e. The van der Waals surface area contributed by atoms with Crippen LogP contribution in [0.1, 0.15) is 30.9 Å². The molecule has 0 saturated carbocycles. The van der Waals surface area contributed by atoms with Gasteiger partial charge < -0.3 is 0 Å². The molecule has 1 aliphatic rings.